The Bertz CT molecular complexity index is 939. The average Bonchev–Trinajstić information content (AvgIpc) is 2.57. The van der Waals surface area contributed by atoms with Crippen molar-refractivity contribution in [3.63, 3.8) is 0 Å². The number of carbonyl (C=O) groups excluding carboxylic acids is 1. The number of hydrogen-bond acceptors (Lipinski definition) is 3. The molecule has 0 aliphatic rings. The number of anilines is 1. The molecule has 128 valence electrons. The van der Waals surface area contributed by atoms with E-state index in [-0.39, 0.29) is 5.91 Å². The van der Waals surface area contributed by atoms with Gasteiger partial charge in [-0.3, -0.25) is 4.79 Å². The normalized spacial score (nSPS) is 10.9. The monoisotopic (exact) mass is 370 g/mol. The molecule has 1 amide bonds. The molecule has 0 saturated carbocycles. The summed E-state index contributed by atoms with van der Waals surface area (Å²) < 4.78 is 0. The maximum Gasteiger partial charge on any atom is 0.234 e. The molecule has 2 aromatic carbocycles. The molecule has 25 heavy (non-hydrogen) atoms. The molecular formula is C20H19ClN2OS. The van der Waals surface area contributed by atoms with Crippen LogP contribution < -0.4 is 5.32 Å². The molecule has 0 radical (unpaired) electrons. The molecule has 0 fully saturated rings. The molecule has 3 rings (SSSR count). The zero-order valence-electron chi connectivity index (χ0n) is 14.4. The molecule has 0 saturated heterocycles. The lowest BCUT2D eigenvalue weighted by molar-refractivity contribution is -0.113. The van der Waals surface area contributed by atoms with Crippen molar-refractivity contribution >= 4 is 45.9 Å². The number of amides is 1. The van der Waals surface area contributed by atoms with Crippen LogP contribution in [0.3, 0.4) is 0 Å². The highest BCUT2D eigenvalue weighted by atomic mass is 35.5. The SMILES string of the molecule is Cc1cc2cc(C)c(SCC(=O)Nc3ccc(Cl)cc3)nc2cc1C. The first-order chi connectivity index (χ1) is 11.9. The molecule has 3 nitrogen and oxygen atoms in total. The first kappa shape index (κ1) is 17.8. The van der Waals surface area contributed by atoms with Gasteiger partial charge in [-0.05, 0) is 79.9 Å². The number of nitrogens with one attached hydrogen (secondary N) is 1. The Morgan fingerprint density at radius 3 is 2.40 bits per heavy atom. The van der Waals surface area contributed by atoms with E-state index in [1.807, 2.05) is 6.92 Å². The van der Waals surface area contributed by atoms with Crippen molar-refractivity contribution in [1.29, 1.82) is 0 Å². The van der Waals surface area contributed by atoms with Crippen LogP contribution in [0.25, 0.3) is 10.9 Å². The molecule has 0 bridgehead atoms. The highest BCUT2D eigenvalue weighted by Crippen LogP contribution is 2.26. The molecular weight excluding hydrogens is 352 g/mol. The summed E-state index contributed by atoms with van der Waals surface area (Å²) in [6.45, 7) is 6.22. The van der Waals surface area contributed by atoms with Gasteiger partial charge in [0.25, 0.3) is 0 Å². The standard InChI is InChI=1S/C20H19ClN2OS/c1-12-8-15-9-14(3)20(23-18(15)10-13(12)2)25-11-19(24)22-17-6-4-16(21)5-7-17/h4-10H,11H2,1-3H3,(H,22,24). The number of aromatic nitrogens is 1. The number of hydrogen-bond donors (Lipinski definition) is 1. The largest absolute Gasteiger partial charge is 0.325 e. The lowest BCUT2D eigenvalue weighted by Crippen LogP contribution is -2.14. The number of benzene rings is 2. The minimum Gasteiger partial charge on any atom is -0.325 e. The van der Waals surface area contributed by atoms with Gasteiger partial charge in [-0.25, -0.2) is 4.98 Å². The third-order valence-electron chi connectivity index (χ3n) is 4.04. The van der Waals surface area contributed by atoms with Crippen molar-refractivity contribution < 1.29 is 4.79 Å². The maximum atomic E-state index is 12.2. The number of pyridine rings is 1. The molecule has 0 aliphatic carbocycles. The molecule has 0 unspecified atom stereocenters. The number of carbonyl (C=O) groups is 1. The predicted molar refractivity (Wildman–Crippen MR) is 107 cm³/mol. The van der Waals surface area contributed by atoms with E-state index >= 15 is 0 Å². The van der Waals surface area contributed by atoms with E-state index in [0.717, 1.165) is 27.2 Å². The van der Waals surface area contributed by atoms with Crippen molar-refractivity contribution in [2.24, 2.45) is 0 Å². The number of halogens is 1. The summed E-state index contributed by atoms with van der Waals surface area (Å²) in [5.41, 5.74) is 5.27. The van der Waals surface area contributed by atoms with Crippen LogP contribution in [-0.4, -0.2) is 16.6 Å². The second kappa shape index (κ2) is 7.46. The van der Waals surface area contributed by atoms with E-state index in [1.165, 1.54) is 22.9 Å². The van der Waals surface area contributed by atoms with Crippen LogP contribution in [-0.2, 0) is 4.79 Å². The minimum absolute atomic E-state index is 0.0614. The van der Waals surface area contributed by atoms with Gasteiger partial charge in [0, 0.05) is 16.1 Å². The van der Waals surface area contributed by atoms with E-state index in [0.29, 0.717) is 10.8 Å². The zero-order valence-corrected chi connectivity index (χ0v) is 16.0. The molecule has 1 heterocycles. The second-order valence-electron chi connectivity index (χ2n) is 6.08. The number of nitrogens with zero attached hydrogens (tertiary/aromatic N) is 1. The van der Waals surface area contributed by atoms with Gasteiger partial charge in [-0.2, -0.15) is 0 Å². The highest BCUT2D eigenvalue weighted by molar-refractivity contribution is 8.00. The fourth-order valence-electron chi connectivity index (χ4n) is 2.54. The molecule has 0 atom stereocenters. The topological polar surface area (TPSA) is 42.0 Å². The van der Waals surface area contributed by atoms with E-state index < -0.39 is 0 Å². The first-order valence-corrected chi connectivity index (χ1v) is 9.35. The van der Waals surface area contributed by atoms with Crippen LogP contribution in [0.15, 0.2) is 47.5 Å². The molecule has 1 N–H and O–H groups in total. The summed E-state index contributed by atoms with van der Waals surface area (Å²) in [7, 11) is 0. The number of rotatable bonds is 4. The van der Waals surface area contributed by atoms with Crippen molar-refractivity contribution in [2.45, 2.75) is 25.8 Å². The molecule has 5 heteroatoms. The van der Waals surface area contributed by atoms with Crippen LogP contribution in [0.2, 0.25) is 5.02 Å². The fraction of sp³-hybridized carbons (Fsp3) is 0.200. The zero-order chi connectivity index (χ0) is 18.0. The summed E-state index contributed by atoms with van der Waals surface area (Å²) in [6, 6.07) is 13.5. The smallest absolute Gasteiger partial charge is 0.234 e. The predicted octanol–water partition coefficient (Wildman–Crippen LogP) is 5.54. The van der Waals surface area contributed by atoms with Gasteiger partial charge in [-0.1, -0.05) is 23.4 Å². The third kappa shape index (κ3) is 4.33. The number of aryl methyl sites for hydroxylation is 3. The van der Waals surface area contributed by atoms with Crippen LogP contribution in [0, 0.1) is 20.8 Å². The summed E-state index contributed by atoms with van der Waals surface area (Å²) in [5, 5.41) is 5.54. The number of fused-ring (bicyclic) bond motifs is 1. The van der Waals surface area contributed by atoms with Gasteiger partial charge < -0.3 is 5.32 Å². The Kier molecular flexibility index (Phi) is 5.30. The lowest BCUT2D eigenvalue weighted by Gasteiger charge is -2.09. The Balaban J connectivity index is 1.71. The lowest BCUT2D eigenvalue weighted by atomic mass is 10.1. The molecule has 1 aromatic heterocycles. The van der Waals surface area contributed by atoms with Crippen molar-refractivity contribution in [2.75, 3.05) is 11.1 Å². The van der Waals surface area contributed by atoms with Crippen molar-refractivity contribution in [1.82, 2.24) is 4.98 Å². The Hall–Kier alpha value is -2.04. The van der Waals surface area contributed by atoms with Gasteiger partial charge in [0.1, 0.15) is 5.03 Å². The van der Waals surface area contributed by atoms with E-state index in [2.05, 4.69) is 37.4 Å². The van der Waals surface area contributed by atoms with Crippen LogP contribution >= 0.6 is 23.4 Å². The Morgan fingerprint density at radius 2 is 1.68 bits per heavy atom. The van der Waals surface area contributed by atoms with Gasteiger partial charge in [0.05, 0.1) is 11.3 Å². The summed E-state index contributed by atoms with van der Waals surface area (Å²) in [4.78, 5) is 16.9. The quantitative estimate of drug-likeness (QED) is 0.612. The Morgan fingerprint density at radius 1 is 1.04 bits per heavy atom. The average molecular weight is 371 g/mol. The van der Waals surface area contributed by atoms with E-state index in [1.54, 1.807) is 24.3 Å². The summed E-state index contributed by atoms with van der Waals surface area (Å²) >= 11 is 7.30. The van der Waals surface area contributed by atoms with Crippen molar-refractivity contribution in [3.05, 3.63) is 64.2 Å². The van der Waals surface area contributed by atoms with E-state index in [4.69, 9.17) is 16.6 Å². The minimum atomic E-state index is -0.0614. The van der Waals surface area contributed by atoms with Gasteiger partial charge >= 0.3 is 0 Å². The van der Waals surface area contributed by atoms with Crippen molar-refractivity contribution in [3.8, 4) is 0 Å². The fourth-order valence-corrected chi connectivity index (χ4v) is 3.45. The molecule has 0 aliphatic heterocycles. The highest BCUT2D eigenvalue weighted by Gasteiger charge is 2.09. The Labute approximate surface area is 156 Å². The van der Waals surface area contributed by atoms with E-state index in [9.17, 15) is 4.79 Å². The van der Waals surface area contributed by atoms with Crippen LogP contribution in [0.4, 0.5) is 5.69 Å². The third-order valence-corrected chi connectivity index (χ3v) is 5.39. The second-order valence-corrected chi connectivity index (χ2v) is 7.48. The van der Waals surface area contributed by atoms with Gasteiger partial charge in [0.2, 0.25) is 5.91 Å². The maximum absolute atomic E-state index is 12.2. The van der Waals surface area contributed by atoms with Gasteiger partial charge in [-0.15, -0.1) is 0 Å². The first-order valence-electron chi connectivity index (χ1n) is 7.99. The summed E-state index contributed by atoms with van der Waals surface area (Å²) in [6.07, 6.45) is 0. The number of thioether (sulfide) groups is 1. The van der Waals surface area contributed by atoms with Crippen LogP contribution in [0.5, 0.6) is 0 Å². The molecule has 3 aromatic rings. The molecule has 0 spiro atoms. The summed E-state index contributed by atoms with van der Waals surface area (Å²) in [5.74, 6) is 0.251. The van der Waals surface area contributed by atoms with Gasteiger partial charge in [0.15, 0.2) is 0 Å². The van der Waals surface area contributed by atoms with Crippen LogP contribution in [0.1, 0.15) is 16.7 Å².